The molecule has 0 aromatic heterocycles. The van der Waals surface area contributed by atoms with E-state index in [1.54, 1.807) is 31.4 Å². The quantitative estimate of drug-likeness (QED) is 0.806. The van der Waals surface area contributed by atoms with E-state index in [2.05, 4.69) is 5.32 Å². The summed E-state index contributed by atoms with van der Waals surface area (Å²) in [6, 6.07) is 7.04. The van der Waals surface area contributed by atoms with E-state index in [1.165, 1.54) is 0 Å². The van der Waals surface area contributed by atoms with Crippen molar-refractivity contribution in [3.05, 3.63) is 29.8 Å². The maximum absolute atomic E-state index is 12.1. The summed E-state index contributed by atoms with van der Waals surface area (Å²) in [5.74, 6) is 1.06. The van der Waals surface area contributed by atoms with Crippen LogP contribution >= 0.6 is 11.6 Å². The van der Waals surface area contributed by atoms with Crippen LogP contribution in [0.2, 0.25) is 0 Å². The highest BCUT2D eigenvalue weighted by Crippen LogP contribution is 2.18. The summed E-state index contributed by atoms with van der Waals surface area (Å²) in [6.45, 7) is 4.06. The average Bonchev–Trinajstić information content (AvgIpc) is 2.45. The molecule has 3 nitrogen and oxygen atoms in total. The highest BCUT2D eigenvalue weighted by molar-refractivity contribution is 6.18. The lowest BCUT2D eigenvalue weighted by atomic mass is 9.94. The highest BCUT2D eigenvalue weighted by Gasteiger charge is 2.27. The molecule has 0 aliphatic carbocycles. The Morgan fingerprint density at radius 3 is 2.22 bits per heavy atom. The predicted molar refractivity (Wildman–Crippen MR) is 74.5 cm³/mol. The van der Waals surface area contributed by atoms with Gasteiger partial charge in [0.15, 0.2) is 0 Å². The van der Waals surface area contributed by atoms with Crippen molar-refractivity contribution in [3.8, 4) is 5.75 Å². The second-order valence-corrected chi connectivity index (χ2v) is 4.57. The third-order valence-corrected chi connectivity index (χ3v) is 3.85. The number of rotatable bonds is 6. The fraction of sp³-hybridized carbons (Fsp3) is 0.500. The van der Waals surface area contributed by atoms with Crippen LogP contribution in [0.1, 0.15) is 37.0 Å². The third-order valence-electron chi connectivity index (χ3n) is 3.34. The maximum Gasteiger partial charge on any atom is 0.251 e. The van der Waals surface area contributed by atoms with Gasteiger partial charge in [-0.25, -0.2) is 0 Å². The Balaban J connectivity index is 2.80. The van der Waals surface area contributed by atoms with E-state index in [-0.39, 0.29) is 11.4 Å². The molecule has 1 aromatic rings. The van der Waals surface area contributed by atoms with Crippen LogP contribution < -0.4 is 10.1 Å². The Hall–Kier alpha value is -1.22. The molecule has 0 radical (unpaired) electrons. The summed E-state index contributed by atoms with van der Waals surface area (Å²) in [6.07, 6.45) is 1.63. The molecule has 0 bridgehead atoms. The Kier molecular flexibility index (Phi) is 5.48. The zero-order valence-corrected chi connectivity index (χ0v) is 11.9. The smallest absolute Gasteiger partial charge is 0.251 e. The number of benzene rings is 1. The van der Waals surface area contributed by atoms with E-state index in [4.69, 9.17) is 16.3 Å². The first-order valence-corrected chi connectivity index (χ1v) is 6.66. The van der Waals surface area contributed by atoms with Gasteiger partial charge in [-0.1, -0.05) is 13.8 Å². The third kappa shape index (κ3) is 3.39. The topological polar surface area (TPSA) is 38.3 Å². The van der Waals surface area contributed by atoms with Crippen LogP contribution in [0.3, 0.4) is 0 Å². The van der Waals surface area contributed by atoms with Crippen LogP contribution in [-0.4, -0.2) is 24.4 Å². The first-order chi connectivity index (χ1) is 8.60. The van der Waals surface area contributed by atoms with Crippen LogP contribution in [0, 0.1) is 0 Å². The molecule has 0 atom stereocenters. The number of methoxy groups -OCH3 is 1. The molecule has 0 unspecified atom stereocenters. The molecule has 0 aliphatic heterocycles. The predicted octanol–water partition coefficient (Wildman–Crippen LogP) is 3.22. The van der Waals surface area contributed by atoms with Crippen LogP contribution in [0.5, 0.6) is 5.75 Å². The SMILES string of the molecule is CCC(CC)(CCl)NC(=O)c1ccc(OC)cc1. The zero-order valence-electron chi connectivity index (χ0n) is 11.1. The second-order valence-electron chi connectivity index (χ2n) is 4.30. The molecule has 0 spiro atoms. The van der Waals surface area contributed by atoms with Gasteiger partial charge in [0.05, 0.1) is 12.6 Å². The Morgan fingerprint density at radius 1 is 1.28 bits per heavy atom. The fourth-order valence-electron chi connectivity index (χ4n) is 1.70. The number of hydrogen-bond acceptors (Lipinski definition) is 2. The van der Waals surface area contributed by atoms with Gasteiger partial charge in [-0.2, -0.15) is 0 Å². The normalized spacial score (nSPS) is 11.1. The van der Waals surface area contributed by atoms with Gasteiger partial charge in [0.25, 0.3) is 5.91 Å². The minimum Gasteiger partial charge on any atom is -0.497 e. The van der Waals surface area contributed by atoms with E-state index < -0.39 is 0 Å². The summed E-state index contributed by atoms with van der Waals surface area (Å²) in [7, 11) is 1.60. The van der Waals surface area contributed by atoms with Crippen LogP contribution in [0.15, 0.2) is 24.3 Å². The number of hydrogen-bond donors (Lipinski definition) is 1. The van der Waals surface area contributed by atoms with Crippen molar-refractivity contribution in [3.63, 3.8) is 0 Å². The molecule has 0 heterocycles. The van der Waals surface area contributed by atoms with Gasteiger partial charge < -0.3 is 10.1 Å². The van der Waals surface area contributed by atoms with Gasteiger partial charge in [0.1, 0.15) is 5.75 Å². The van der Waals surface area contributed by atoms with Gasteiger partial charge in [-0.05, 0) is 37.1 Å². The molecule has 1 aromatic carbocycles. The van der Waals surface area contributed by atoms with Gasteiger partial charge >= 0.3 is 0 Å². The van der Waals surface area contributed by atoms with Crippen LogP contribution in [0.4, 0.5) is 0 Å². The average molecular weight is 270 g/mol. The molecule has 1 N–H and O–H groups in total. The minimum atomic E-state index is -0.321. The Morgan fingerprint density at radius 2 is 1.83 bits per heavy atom. The lowest BCUT2D eigenvalue weighted by Crippen LogP contribution is -2.49. The van der Waals surface area contributed by atoms with E-state index in [9.17, 15) is 4.79 Å². The standard InChI is InChI=1S/C14H20ClNO2/c1-4-14(5-2,10-15)16-13(17)11-6-8-12(18-3)9-7-11/h6-9H,4-5,10H2,1-3H3,(H,16,17). The van der Waals surface area contributed by atoms with Crippen molar-refractivity contribution >= 4 is 17.5 Å². The molecule has 4 heteroatoms. The minimum absolute atomic E-state index is 0.0954. The van der Waals surface area contributed by atoms with E-state index in [0.717, 1.165) is 18.6 Å². The zero-order chi connectivity index (χ0) is 13.6. The molecule has 0 saturated heterocycles. The first kappa shape index (κ1) is 14.8. The number of carbonyl (C=O) groups excluding carboxylic acids is 1. The van der Waals surface area contributed by atoms with Crippen molar-refractivity contribution in [2.75, 3.05) is 13.0 Å². The van der Waals surface area contributed by atoms with Gasteiger partial charge in [0.2, 0.25) is 0 Å². The van der Waals surface area contributed by atoms with Gasteiger partial charge in [-0.3, -0.25) is 4.79 Å². The molecule has 1 rings (SSSR count). The number of halogens is 1. The number of nitrogens with one attached hydrogen (secondary N) is 1. The Bertz CT molecular complexity index is 377. The summed E-state index contributed by atoms with van der Waals surface area (Å²) in [5.41, 5.74) is 0.297. The van der Waals surface area contributed by atoms with Gasteiger partial charge in [-0.15, -0.1) is 11.6 Å². The lowest BCUT2D eigenvalue weighted by Gasteiger charge is -2.30. The van der Waals surface area contributed by atoms with Crippen molar-refractivity contribution in [2.24, 2.45) is 0 Å². The molecular formula is C14H20ClNO2. The van der Waals surface area contributed by atoms with Gasteiger partial charge in [0, 0.05) is 11.4 Å². The van der Waals surface area contributed by atoms with Crippen LogP contribution in [0.25, 0.3) is 0 Å². The fourth-order valence-corrected chi connectivity index (χ4v) is 2.15. The molecular weight excluding hydrogens is 250 g/mol. The molecule has 18 heavy (non-hydrogen) atoms. The maximum atomic E-state index is 12.1. The summed E-state index contributed by atoms with van der Waals surface area (Å²) in [5, 5.41) is 3.02. The molecule has 0 aliphatic rings. The summed E-state index contributed by atoms with van der Waals surface area (Å²) < 4.78 is 5.06. The second kappa shape index (κ2) is 6.64. The molecule has 100 valence electrons. The van der Waals surface area contributed by atoms with Crippen molar-refractivity contribution in [2.45, 2.75) is 32.2 Å². The van der Waals surface area contributed by atoms with E-state index >= 15 is 0 Å². The van der Waals surface area contributed by atoms with E-state index in [1.807, 2.05) is 13.8 Å². The first-order valence-electron chi connectivity index (χ1n) is 6.13. The monoisotopic (exact) mass is 269 g/mol. The van der Waals surface area contributed by atoms with Crippen molar-refractivity contribution in [1.29, 1.82) is 0 Å². The number of amides is 1. The lowest BCUT2D eigenvalue weighted by molar-refractivity contribution is 0.0902. The van der Waals surface area contributed by atoms with Crippen molar-refractivity contribution < 1.29 is 9.53 Å². The number of alkyl halides is 1. The number of carbonyl (C=O) groups is 1. The molecule has 0 saturated carbocycles. The molecule has 0 fully saturated rings. The van der Waals surface area contributed by atoms with E-state index in [0.29, 0.717) is 11.4 Å². The molecule has 1 amide bonds. The summed E-state index contributed by atoms with van der Waals surface area (Å²) >= 11 is 5.97. The number of ether oxygens (including phenoxy) is 1. The summed E-state index contributed by atoms with van der Waals surface area (Å²) in [4.78, 5) is 12.1. The van der Waals surface area contributed by atoms with Crippen LogP contribution in [-0.2, 0) is 0 Å². The highest BCUT2D eigenvalue weighted by atomic mass is 35.5. The Labute approximate surface area is 113 Å². The largest absolute Gasteiger partial charge is 0.497 e. The van der Waals surface area contributed by atoms with Crippen molar-refractivity contribution in [1.82, 2.24) is 5.32 Å².